The van der Waals surface area contributed by atoms with Crippen molar-refractivity contribution in [2.75, 3.05) is 12.3 Å². The highest BCUT2D eigenvalue weighted by atomic mass is 35.5. The Labute approximate surface area is 184 Å². The number of carbonyl (C=O) groups excluding carboxylic acids is 1. The SMILES string of the molecule is Cc1cc(C)n(CCCNC(=O)CSc2nc3cc(Cl)ccc3c(=O)n2C(C)C)n1. The topological polar surface area (TPSA) is 81.8 Å². The number of fused-ring (bicyclic) bond motifs is 1. The average Bonchev–Trinajstić information content (AvgIpc) is 3.00. The minimum Gasteiger partial charge on any atom is -0.355 e. The molecule has 0 bridgehead atoms. The largest absolute Gasteiger partial charge is 0.355 e. The minimum atomic E-state index is -0.125. The molecule has 0 unspecified atom stereocenters. The van der Waals surface area contributed by atoms with Crippen LogP contribution < -0.4 is 10.9 Å². The first-order valence-electron chi connectivity index (χ1n) is 9.88. The molecule has 0 atom stereocenters. The van der Waals surface area contributed by atoms with Gasteiger partial charge in [0.2, 0.25) is 5.91 Å². The summed E-state index contributed by atoms with van der Waals surface area (Å²) in [4.78, 5) is 29.8. The van der Waals surface area contributed by atoms with E-state index in [1.807, 2.05) is 38.4 Å². The van der Waals surface area contributed by atoms with Gasteiger partial charge in [-0.25, -0.2) is 4.98 Å². The summed E-state index contributed by atoms with van der Waals surface area (Å²) < 4.78 is 3.57. The molecule has 0 fully saturated rings. The summed E-state index contributed by atoms with van der Waals surface area (Å²) in [5, 5.41) is 8.90. The summed E-state index contributed by atoms with van der Waals surface area (Å²) in [5.74, 6) is 0.0922. The highest BCUT2D eigenvalue weighted by Crippen LogP contribution is 2.22. The monoisotopic (exact) mass is 447 g/mol. The number of halogens is 1. The number of aromatic nitrogens is 4. The first-order chi connectivity index (χ1) is 14.3. The molecule has 30 heavy (non-hydrogen) atoms. The predicted octanol–water partition coefficient (Wildman–Crippen LogP) is 3.74. The molecule has 0 saturated carbocycles. The smallest absolute Gasteiger partial charge is 0.262 e. The van der Waals surface area contributed by atoms with Crippen LogP contribution in [-0.2, 0) is 11.3 Å². The van der Waals surface area contributed by atoms with Crippen LogP contribution >= 0.6 is 23.4 Å². The van der Waals surface area contributed by atoms with Crippen LogP contribution in [0.25, 0.3) is 10.9 Å². The molecule has 1 N–H and O–H groups in total. The van der Waals surface area contributed by atoms with E-state index in [2.05, 4.69) is 15.4 Å². The molecular formula is C21H26ClN5O2S. The number of hydrogen-bond acceptors (Lipinski definition) is 5. The molecule has 7 nitrogen and oxygen atoms in total. The normalized spacial score (nSPS) is 11.4. The summed E-state index contributed by atoms with van der Waals surface area (Å²) in [6.45, 7) is 9.16. The predicted molar refractivity (Wildman–Crippen MR) is 121 cm³/mol. The third-order valence-corrected chi connectivity index (χ3v) is 5.84. The molecule has 0 aliphatic heterocycles. The van der Waals surface area contributed by atoms with Gasteiger partial charge >= 0.3 is 0 Å². The van der Waals surface area contributed by atoms with E-state index in [0.717, 1.165) is 24.4 Å². The third-order valence-electron chi connectivity index (χ3n) is 4.65. The first-order valence-corrected chi connectivity index (χ1v) is 11.2. The Bertz CT molecular complexity index is 1120. The second-order valence-electron chi connectivity index (χ2n) is 7.47. The van der Waals surface area contributed by atoms with Crippen LogP contribution in [0.3, 0.4) is 0 Å². The molecule has 2 heterocycles. The molecule has 0 saturated heterocycles. The Morgan fingerprint density at radius 3 is 2.70 bits per heavy atom. The Morgan fingerprint density at radius 2 is 2.03 bits per heavy atom. The fourth-order valence-electron chi connectivity index (χ4n) is 3.25. The maximum Gasteiger partial charge on any atom is 0.262 e. The van der Waals surface area contributed by atoms with E-state index in [0.29, 0.717) is 27.6 Å². The molecular weight excluding hydrogens is 422 g/mol. The van der Waals surface area contributed by atoms with Crippen LogP contribution in [0.5, 0.6) is 0 Å². The molecule has 0 spiro atoms. The molecule has 0 radical (unpaired) electrons. The number of benzene rings is 1. The number of nitrogens with zero attached hydrogens (tertiary/aromatic N) is 4. The van der Waals surface area contributed by atoms with Crippen molar-refractivity contribution in [1.82, 2.24) is 24.6 Å². The van der Waals surface area contributed by atoms with Gasteiger partial charge in [-0.1, -0.05) is 23.4 Å². The summed E-state index contributed by atoms with van der Waals surface area (Å²) in [6.07, 6.45) is 0.793. The second-order valence-corrected chi connectivity index (χ2v) is 8.85. The van der Waals surface area contributed by atoms with Gasteiger partial charge in [0.05, 0.1) is 22.3 Å². The van der Waals surface area contributed by atoms with E-state index in [9.17, 15) is 9.59 Å². The first kappa shape index (κ1) is 22.4. The number of rotatable bonds is 8. The molecule has 2 aromatic heterocycles. The van der Waals surface area contributed by atoms with Gasteiger partial charge in [-0.15, -0.1) is 0 Å². The van der Waals surface area contributed by atoms with Crippen molar-refractivity contribution in [2.24, 2.45) is 0 Å². The molecule has 1 aromatic carbocycles. The van der Waals surface area contributed by atoms with Gasteiger partial charge in [0.25, 0.3) is 5.56 Å². The van der Waals surface area contributed by atoms with E-state index < -0.39 is 0 Å². The maximum atomic E-state index is 12.9. The maximum absolute atomic E-state index is 12.9. The lowest BCUT2D eigenvalue weighted by Gasteiger charge is -2.16. The summed E-state index contributed by atoms with van der Waals surface area (Å²) in [6, 6.07) is 7.01. The molecule has 0 aliphatic carbocycles. The highest BCUT2D eigenvalue weighted by Gasteiger charge is 2.15. The fourth-order valence-corrected chi connectivity index (χ4v) is 4.37. The molecule has 160 valence electrons. The van der Waals surface area contributed by atoms with Crippen molar-refractivity contribution < 1.29 is 4.79 Å². The Morgan fingerprint density at radius 1 is 1.27 bits per heavy atom. The van der Waals surface area contributed by atoms with Crippen molar-refractivity contribution >= 4 is 40.2 Å². The number of aryl methyl sites for hydroxylation is 3. The fraction of sp³-hybridized carbons (Fsp3) is 0.429. The van der Waals surface area contributed by atoms with Crippen molar-refractivity contribution in [3.8, 4) is 0 Å². The van der Waals surface area contributed by atoms with Crippen LogP contribution in [0, 0.1) is 13.8 Å². The van der Waals surface area contributed by atoms with E-state index in [-0.39, 0.29) is 23.3 Å². The molecule has 0 aliphatic rings. The Balaban J connectivity index is 1.61. The number of carbonyl (C=O) groups is 1. The van der Waals surface area contributed by atoms with E-state index in [4.69, 9.17) is 11.6 Å². The van der Waals surface area contributed by atoms with Gasteiger partial charge in [0, 0.05) is 29.8 Å². The van der Waals surface area contributed by atoms with Gasteiger partial charge in [0.1, 0.15) is 0 Å². The number of nitrogens with one attached hydrogen (secondary N) is 1. The summed E-state index contributed by atoms with van der Waals surface area (Å²) in [7, 11) is 0. The lowest BCUT2D eigenvalue weighted by atomic mass is 10.2. The zero-order chi connectivity index (χ0) is 21.8. The number of hydrogen-bond donors (Lipinski definition) is 1. The van der Waals surface area contributed by atoms with Crippen molar-refractivity contribution in [3.05, 3.63) is 51.0 Å². The van der Waals surface area contributed by atoms with Crippen LogP contribution in [-0.4, -0.2) is 37.5 Å². The molecule has 9 heteroatoms. The van der Waals surface area contributed by atoms with Crippen LogP contribution in [0.4, 0.5) is 0 Å². The van der Waals surface area contributed by atoms with Crippen LogP contribution in [0.1, 0.15) is 37.7 Å². The van der Waals surface area contributed by atoms with Crippen molar-refractivity contribution in [1.29, 1.82) is 0 Å². The lowest BCUT2D eigenvalue weighted by molar-refractivity contribution is -0.118. The van der Waals surface area contributed by atoms with E-state index in [1.165, 1.54) is 11.8 Å². The van der Waals surface area contributed by atoms with Crippen LogP contribution in [0.15, 0.2) is 34.2 Å². The number of thioether (sulfide) groups is 1. The minimum absolute atomic E-state index is 0.0728. The van der Waals surface area contributed by atoms with Crippen molar-refractivity contribution in [2.45, 2.75) is 51.9 Å². The quantitative estimate of drug-likeness (QED) is 0.323. The Hall–Kier alpha value is -2.32. The summed E-state index contributed by atoms with van der Waals surface area (Å²) in [5.41, 5.74) is 2.52. The lowest BCUT2D eigenvalue weighted by Crippen LogP contribution is -2.28. The van der Waals surface area contributed by atoms with E-state index >= 15 is 0 Å². The zero-order valence-electron chi connectivity index (χ0n) is 17.6. The second kappa shape index (κ2) is 9.66. The third kappa shape index (κ3) is 5.23. The van der Waals surface area contributed by atoms with Gasteiger partial charge in [0.15, 0.2) is 5.16 Å². The van der Waals surface area contributed by atoms with Gasteiger partial charge in [-0.05, 0) is 58.4 Å². The van der Waals surface area contributed by atoms with Gasteiger partial charge in [-0.3, -0.25) is 18.8 Å². The highest BCUT2D eigenvalue weighted by molar-refractivity contribution is 7.99. The average molecular weight is 448 g/mol. The van der Waals surface area contributed by atoms with E-state index in [1.54, 1.807) is 22.8 Å². The molecule has 3 aromatic rings. The molecule has 1 amide bonds. The van der Waals surface area contributed by atoms with Gasteiger partial charge in [-0.2, -0.15) is 5.10 Å². The standard InChI is InChI=1S/C21H26ClN5O2S/c1-13(2)27-20(29)17-7-6-16(22)11-18(17)24-21(27)30-12-19(28)23-8-5-9-26-15(4)10-14(3)25-26/h6-7,10-11,13H,5,8-9,12H2,1-4H3,(H,23,28). The zero-order valence-corrected chi connectivity index (χ0v) is 19.2. The van der Waals surface area contributed by atoms with Crippen molar-refractivity contribution in [3.63, 3.8) is 0 Å². The number of amides is 1. The van der Waals surface area contributed by atoms with Gasteiger partial charge < -0.3 is 5.32 Å². The summed E-state index contributed by atoms with van der Waals surface area (Å²) >= 11 is 7.31. The van der Waals surface area contributed by atoms with Crippen LogP contribution in [0.2, 0.25) is 5.02 Å². The Kier molecular flexibility index (Phi) is 7.20. The molecule has 3 rings (SSSR count).